The van der Waals surface area contributed by atoms with E-state index >= 15 is 0 Å². The SMILES string of the molecule is Cc1cc(C(=O)O)cc2nc(-c3cn(C)c4ccccc34)[nH]c12. The van der Waals surface area contributed by atoms with Gasteiger partial charge in [0.15, 0.2) is 0 Å². The Morgan fingerprint density at radius 2 is 2.04 bits per heavy atom. The summed E-state index contributed by atoms with van der Waals surface area (Å²) in [5, 5.41) is 10.3. The second-order valence-corrected chi connectivity index (χ2v) is 5.75. The van der Waals surface area contributed by atoms with E-state index in [0.29, 0.717) is 5.52 Å². The topological polar surface area (TPSA) is 70.9 Å². The number of aromatic nitrogens is 3. The lowest BCUT2D eigenvalue weighted by Crippen LogP contribution is -1.96. The van der Waals surface area contributed by atoms with Crippen LogP contribution in [0.2, 0.25) is 0 Å². The second kappa shape index (κ2) is 4.71. The molecule has 114 valence electrons. The lowest BCUT2D eigenvalue weighted by atomic mass is 10.1. The molecule has 23 heavy (non-hydrogen) atoms. The summed E-state index contributed by atoms with van der Waals surface area (Å²) in [6, 6.07) is 11.4. The molecule has 4 rings (SSSR count). The maximum atomic E-state index is 11.2. The van der Waals surface area contributed by atoms with Crippen LogP contribution in [0.3, 0.4) is 0 Å². The highest BCUT2D eigenvalue weighted by molar-refractivity contribution is 5.98. The van der Waals surface area contributed by atoms with E-state index in [-0.39, 0.29) is 5.56 Å². The standard InChI is InChI=1S/C18H15N3O2/c1-10-7-11(18(22)23)8-14-16(10)20-17(19-14)13-9-21(2)15-6-4-3-5-12(13)15/h3-9H,1-2H3,(H,19,20)(H,22,23). The van der Waals surface area contributed by atoms with Crippen molar-refractivity contribution in [1.82, 2.24) is 14.5 Å². The van der Waals surface area contributed by atoms with Gasteiger partial charge in [0.2, 0.25) is 0 Å². The number of aromatic carboxylic acids is 1. The molecular weight excluding hydrogens is 290 g/mol. The molecule has 5 nitrogen and oxygen atoms in total. The molecule has 0 bridgehead atoms. The third kappa shape index (κ3) is 2.01. The van der Waals surface area contributed by atoms with Gasteiger partial charge in [-0.15, -0.1) is 0 Å². The van der Waals surface area contributed by atoms with E-state index in [9.17, 15) is 9.90 Å². The van der Waals surface area contributed by atoms with Crippen LogP contribution in [-0.4, -0.2) is 25.6 Å². The number of carbonyl (C=O) groups is 1. The molecule has 0 aliphatic rings. The maximum absolute atomic E-state index is 11.2. The lowest BCUT2D eigenvalue weighted by molar-refractivity contribution is 0.0697. The first-order valence-corrected chi connectivity index (χ1v) is 7.32. The van der Waals surface area contributed by atoms with Crippen LogP contribution < -0.4 is 0 Å². The zero-order chi connectivity index (χ0) is 16.1. The molecule has 5 heteroatoms. The molecule has 2 aromatic carbocycles. The number of hydrogen-bond donors (Lipinski definition) is 2. The number of imidazole rings is 1. The highest BCUT2D eigenvalue weighted by Gasteiger charge is 2.15. The summed E-state index contributed by atoms with van der Waals surface area (Å²) in [6.07, 6.45) is 2.04. The average Bonchev–Trinajstić information content (AvgIpc) is 3.09. The smallest absolute Gasteiger partial charge is 0.335 e. The Morgan fingerprint density at radius 3 is 2.83 bits per heavy atom. The zero-order valence-electron chi connectivity index (χ0n) is 12.8. The van der Waals surface area contributed by atoms with Gasteiger partial charge in [-0.05, 0) is 30.7 Å². The molecule has 2 N–H and O–H groups in total. The normalized spacial score (nSPS) is 11.4. The Morgan fingerprint density at radius 1 is 1.26 bits per heavy atom. The maximum Gasteiger partial charge on any atom is 0.335 e. The van der Waals surface area contributed by atoms with Crippen molar-refractivity contribution in [1.29, 1.82) is 0 Å². The van der Waals surface area contributed by atoms with Gasteiger partial charge >= 0.3 is 5.97 Å². The lowest BCUT2D eigenvalue weighted by Gasteiger charge is -1.98. The van der Waals surface area contributed by atoms with Gasteiger partial charge in [-0.2, -0.15) is 0 Å². The van der Waals surface area contributed by atoms with E-state index in [2.05, 4.69) is 26.7 Å². The number of hydrogen-bond acceptors (Lipinski definition) is 2. The van der Waals surface area contributed by atoms with Crippen molar-refractivity contribution in [3.63, 3.8) is 0 Å². The van der Waals surface area contributed by atoms with Crippen LogP contribution >= 0.6 is 0 Å². The third-order valence-electron chi connectivity index (χ3n) is 4.19. The summed E-state index contributed by atoms with van der Waals surface area (Å²) in [7, 11) is 2.00. The molecule has 0 aliphatic heterocycles. The summed E-state index contributed by atoms with van der Waals surface area (Å²) in [4.78, 5) is 19.2. The summed E-state index contributed by atoms with van der Waals surface area (Å²) in [5.41, 5.74) is 4.81. The highest BCUT2D eigenvalue weighted by atomic mass is 16.4. The van der Waals surface area contributed by atoms with Gasteiger partial charge in [0, 0.05) is 29.7 Å². The monoisotopic (exact) mass is 305 g/mol. The van der Waals surface area contributed by atoms with E-state index < -0.39 is 5.97 Å². The number of carboxylic acids is 1. The van der Waals surface area contributed by atoms with E-state index in [0.717, 1.165) is 33.4 Å². The summed E-state index contributed by atoms with van der Waals surface area (Å²) in [6.45, 7) is 1.89. The summed E-state index contributed by atoms with van der Waals surface area (Å²) < 4.78 is 2.06. The van der Waals surface area contributed by atoms with Gasteiger partial charge < -0.3 is 14.7 Å². The largest absolute Gasteiger partial charge is 0.478 e. The molecule has 0 amide bonds. The van der Waals surface area contributed by atoms with Gasteiger partial charge in [0.05, 0.1) is 16.6 Å². The van der Waals surface area contributed by atoms with Crippen LogP contribution in [0.25, 0.3) is 33.3 Å². The van der Waals surface area contributed by atoms with Gasteiger partial charge in [-0.25, -0.2) is 9.78 Å². The Kier molecular flexibility index (Phi) is 2.78. The fourth-order valence-corrected chi connectivity index (χ4v) is 3.07. The fourth-order valence-electron chi connectivity index (χ4n) is 3.07. The van der Waals surface area contributed by atoms with Crippen molar-refractivity contribution in [3.05, 3.63) is 53.7 Å². The zero-order valence-corrected chi connectivity index (χ0v) is 12.8. The number of aryl methyl sites for hydroxylation is 2. The Hall–Kier alpha value is -3.08. The quantitative estimate of drug-likeness (QED) is 0.593. The third-order valence-corrected chi connectivity index (χ3v) is 4.19. The first-order valence-electron chi connectivity index (χ1n) is 7.32. The van der Waals surface area contributed by atoms with Crippen LogP contribution in [0.15, 0.2) is 42.6 Å². The van der Waals surface area contributed by atoms with Crippen LogP contribution in [-0.2, 0) is 7.05 Å². The van der Waals surface area contributed by atoms with Crippen LogP contribution in [0.5, 0.6) is 0 Å². The van der Waals surface area contributed by atoms with Crippen LogP contribution in [0.1, 0.15) is 15.9 Å². The number of benzene rings is 2. The Labute approximate surface area is 132 Å². The Balaban J connectivity index is 1.98. The number of H-pyrrole nitrogens is 1. The molecule has 0 fully saturated rings. The first kappa shape index (κ1) is 13.6. The number of carboxylic acid groups (broad SMARTS) is 1. The molecule has 0 aliphatic carbocycles. The Bertz CT molecular complexity index is 1070. The van der Waals surface area contributed by atoms with Gasteiger partial charge in [0.25, 0.3) is 0 Å². The van der Waals surface area contributed by atoms with Crippen LogP contribution in [0, 0.1) is 6.92 Å². The van der Waals surface area contributed by atoms with E-state index in [4.69, 9.17) is 0 Å². The van der Waals surface area contributed by atoms with Crippen LogP contribution in [0.4, 0.5) is 0 Å². The van der Waals surface area contributed by atoms with Crippen molar-refractivity contribution >= 4 is 27.9 Å². The number of rotatable bonds is 2. The van der Waals surface area contributed by atoms with Gasteiger partial charge in [0.1, 0.15) is 5.82 Å². The minimum atomic E-state index is -0.940. The highest BCUT2D eigenvalue weighted by Crippen LogP contribution is 2.30. The number of nitrogens with one attached hydrogen (secondary N) is 1. The van der Waals surface area contributed by atoms with Gasteiger partial charge in [-0.3, -0.25) is 0 Å². The number of para-hydroxylation sites is 1. The molecule has 0 radical (unpaired) electrons. The van der Waals surface area contributed by atoms with E-state index in [1.54, 1.807) is 12.1 Å². The molecule has 4 aromatic rings. The molecule has 0 unspecified atom stereocenters. The van der Waals surface area contributed by atoms with Crippen molar-refractivity contribution in [2.75, 3.05) is 0 Å². The summed E-state index contributed by atoms with van der Waals surface area (Å²) >= 11 is 0. The molecular formula is C18H15N3O2. The molecule has 0 atom stereocenters. The predicted molar refractivity (Wildman–Crippen MR) is 89.7 cm³/mol. The average molecular weight is 305 g/mol. The van der Waals surface area contributed by atoms with Gasteiger partial charge in [-0.1, -0.05) is 18.2 Å². The molecule has 0 saturated carbocycles. The van der Waals surface area contributed by atoms with Crippen molar-refractivity contribution in [2.24, 2.45) is 7.05 Å². The molecule has 2 heterocycles. The minimum Gasteiger partial charge on any atom is -0.478 e. The van der Waals surface area contributed by atoms with Crippen molar-refractivity contribution in [2.45, 2.75) is 6.92 Å². The summed E-state index contributed by atoms with van der Waals surface area (Å²) in [5.74, 6) is -0.188. The first-order chi connectivity index (χ1) is 11.0. The number of aromatic amines is 1. The van der Waals surface area contributed by atoms with E-state index in [1.807, 2.05) is 32.3 Å². The van der Waals surface area contributed by atoms with Crippen molar-refractivity contribution in [3.8, 4) is 11.4 Å². The number of nitrogens with zero attached hydrogens (tertiary/aromatic N) is 2. The number of fused-ring (bicyclic) bond motifs is 2. The minimum absolute atomic E-state index is 0.256. The second-order valence-electron chi connectivity index (χ2n) is 5.75. The van der Waals surface area contributed by atoms with Crippen molar-refractivity contribution < 1.29 is 9.90 Å². The molecule has 0 saturated heterocycles. The fraction of sp³-hybridized carbons (Fsp3) is 0.111. The molecule has 2 aromatic heterocycles. The predicted octanol–water partition coefficient (Wildman–Crippen LogP) is 3.73. The van der Waals surface area contributed by atoms with E-state index in [1.165, 1.54) is 0 Å². The molecule has 0 spiro atoms.